The van der Waals surface area contributed by atoms with E-state index in [1.807, 2.05) is 0 Å². The number of sulfonamides is 1. The number of benzene rings is 3. The third kappa shape index (κ3) is 5.07. The normalized spacial score (nSPS) is 17.7. The minimum atomic E-state index is -4.96. The van der Waals surface area contributed by atoms with Crippen molar-refractivity contribution in [3.8, 4) is 0 Å². The molecule has 4 rings (SSSR count). The van der Waals surface area contributed by atoms with Crippen LogP contribution in [-0.2, 0) is 10.0 Å². The number of nitro groups is 2. The fraction of sp³-hybridized carbons (Fsp3) is 0.130. The van der Waals surface area contributed by atoms with Crippen LogP contribution in [0.25, 0.3) is 0 Å². The molecule has 196 valence electrons. The number of ketones is 1. The van der Waals surface area contributed by atoms with E-state index in [2.05, 4.69) is 4.99 Å². The third-order valence-electron chi connectivity index (χ3n) is 5.62. The molecule has 2 atom stereocenters. The van der Waals surface area contributed by atoms with Crippen molar-refractivity contribution in [1.82, 2.24) is 4.31 Å². The lowest BCUT2D eigenvalue weighted by atomic mass is 9.94. The van der Waals surface area contributed by atoms with Gasteiger partial charge in [0.1, 0.15) is 12.1 Å². The summed E-state index contributed by atoms with van der Waals surface area (Å²) in [5, 5.41) is 23.1. The molecule has 1 heterocycles. The van der Waals surface area contributed by atoms with Crippen LogP contribution < -0.4 is 0 Å². The molecule has 38 heavy (non-hydrogen) atoms. The molecule has 0 spiro atoms. The smallest absolute Gasteiger partial charge is 0.289 e. The number of amidine groups is 1. The molecule has 15 heteroatoms. The monoisotopic (exact) mass is 596 g/mol. The summed E-state index contributed by atoms with van der Waals surface area (Å²) in [5.74, 6) is -1.48. The number of alkyl halides is 3. The first-order valence-corrected chi connectivity index (χ1v) is 13.2. The SMILES string of the molecule is O=C(c1ccccc1)[C@H]1[C@H](c2cccc([N+](=O)[O-])c2)N=C(C(Cl)(Cl)Cl)N1S(=O)(=O)c1ccccc1[N+](=O)[O-]. The molecule has 1 aliphatic rings. The standard InChI is InChI=1S/C23H15Cl3N4O7S/c24-23(25,26)22-27-19(15-9-6-10-16(13-15)29(32)33)20(21(31)14-7-2-1-3-8-14)28(22)38(36,37)18-12-5-4-11-17(18)30(34)35/h1-13,19-20H/t19-,20+/m0/s1. The van der Waals surface area contributed by atoms with Gasteiger partial charge >= 0.3 is 0 Å². The molecule has 0 aromatic heterocycles. The number of carbonyl (C=O) groups is 1. The van der Waals surface area contributed by atoms with Crippen molar-refractivity contribution in [3.05, 3.63) is 110 Å². The highest BCUT2D eigenvalue weighted by Gasteiger charge is 2.54. The summed E-state index contributed by atoms with van der Waals surface area (Å²) >= 11 is 18.4. The van der Waals surface area contributed by atoms with Crippen molar-refractivity contribution in [3.63, 3.8) is 0 Å². The highest BCUT2D eigenvalue weighted by molar-refractivity contribution is 7.90. The number of Topliss-reactive ketones (excluding diaryl/α,β-unsaturated/α-hetero) is 1. The minimum Gasteiger partial charge on any atom is -0.292 e. The fourth-order valence-electron chi connectivity index (χ4n) is 4.02. The van der Waals surface area contributed by atoms with Crippen molar-refractivity contribution in [2.75, 3.05) is 0 Å². The van der Waals surface area contributed by atoms with Gasteiger partial charge in [0.2, 0.25) is 3.79 Å². The van der Waals surface area contributed by atoms with Crippen LogP contribution in [0.1, 0.15) is 22.0 Å². The molecule has 0 fully saturated rings. The molecule has 1 aliphatic heterocycles. The number of aliphatic imine (C=N–C) groups is 1. The van der Waals surface area contributed by atoms with Crippen LogP contribution in [0.15, 0.2) is 88.8 Å². The summed E-state index contributed by atoms with van der Waals surface area (Å²) in [5.41, 5.74) is -0.975. The van der Waals surface area contributed by atoms with Crippen molar-refractivity contribution in [1.29, 1.82) is 0 Å². The Balaban J connectivity index is 2.01. The zero-order chi connectivity index (χ0) is 27.8. The van der Waals surface area contributed by atoms with Gasteiger partial charge in [-0.3, -0.25) is 30.0 Å². The average Bonchev–Trinajstić information content (AvgIpc) is 3.31. The Kier molecular flexibility index (Phi) is 7.44. The Labute approximate surface area is 230 Å². The molecule has 0 radical (unpaired) electrons. The molecular formula is C23H15Cl3N4O7S. The van der Waals surface area contributed by atoms with E-state index < -0.39 is 57.9 Å². The van der Waals surface area contributed by atoms with Gasteiger partial charge < -0.3 is 0 Å². The topological polar surface area (TPSA) is 153 Å². The van der Waals surface area contributed by atoms with Gasteiger partial charge in [-0.1, -0.05) is 89.4 Å². The number of hydrogen-bond donors (Lipinski definition) is 0. The number of nitro benzene ring substituents is 2. The lowest BCUT2D eigenvalue weighted by molar-refractivity contribution is -0.387. The zero-order valence-corrected chi connectivity index (χ0v) is 21.9. The molecule has 3 aromatic rings. The van der Waals surface area contributed by atoms with Crippen LogP contribution in [0.5, 0.6) is 0 Å². The van der Waals surface area contributed by atoms with Crippen LogP contribution in [0.2, 0.25) is 0 Å². The van der Waals surface area contributed by atoms with Crippen molar-refractivity contribution in [2.24, 2.45) is 4.99 Å². The van der Waals surface area contributed by atoms with Crippen LogP contribution >= 0.6 is 34.8 Å². The number of para-hydroxylation sites is 1. The van der Waals surface area contributed by atoms with Gasteiger partial charge in [-0.2, -0.15) is 0 Å². The molecule has 0 N–H and O–H groups in total. The number of nitrogens with zero attached hydrogens (tertiary/aromatic N) is 4. The van der Waals surface area contributed by atoms with Gasteiger partial charge in [-0.25, -0.2) is 12.7 Å². The fourth-order valence-corrected chi connectivity index (χ4v) is 6.38. The first kappa shape index (κ1) is 27.5. The van der Waals surface area contributed by atoms with Crippen molar-refractivity contribution in [2.45, 2.75) is 20.8 Å². The quantitative estimate of drug-likeness (QED) is 0.156. The largest absolute Gasteiger partial charge is 0.292 e. The second kappa shape index (κ2) is 10.3. The summed E-state index contributed by atoms with van der Waals surface area (Å²) in [6, 6.07) is 14.0. The molecule has 0 unspecified atom stereocenters. The first-order valence-electron chi connectivity index (χ1n) is 10.6. The number of halogens is 3. The van der Waals surface area contributed by atoms with Crippen LogP contribution in [0.3, 0.4) is 0 Å². The van der Waals surface area contributed by atoms with Gasteiger partial charge in [0.05, 0.1) is 9.85 Å². The molecule has 0 saturated carbocycles. The summed E-state index contributed by atoms with van der Waals surface area (Å²) in [6.07, 6.45) is 0. The summed E-state index contributed by atoms with van der Waals surface area (Å²) in [6.45, 7) is 0. The van der Waals surface area contributed by atoms with Crippen LogP contribution in [0, 0.1) is 20.2 Å². The van der Waals surface area contributed by atoms with E-state index in [-0.39, 0.29) is 16.8 Å². The van der Waals surface area contributed by atoms with E-state index in [0.29, 0.717) is 4.31 Å². The Morgan fingerprint density at radius 2 is 1.53 bits per heavy atom. The molecule has 0 amide bonds. The van der Waals surface area contributed by atoms with Gasteiger partial charge in [-0.05, 0) is 11.6 Å². The molecule has 0 saturated heterocycles. The summed E-state index contributed by atoms with van der Waals surface area (Å²) < 4.78 is 26.0. The van der Waals surface area contributed by atoms with Crippen molar-refractivity contribution < 1.29 is 23.1 Å². The highest BCUT2D eigenvalue weighted by Crippen LogP contribution is 2.45. The van der Waals surface area contributed by atoms with Crippen LogP contribution in [-0.4, -0.2) is 44.0 Å². The van der Waals surface area contributed by atoms with Gasteiger partial charge in [0, 0.05) is 23.8 Å². The molecule has 0 aliphatic carbocycles. The zero-order valence-electron chi connectivity index (χ0n) is 18.8. The lowest BCUT2D eigenvalue weighted by Gasteiger charge is -2.30. The second-order valence-electron chi connectivity index (χ2n) is 7.95. The third-order valence-corrected chi connectivity index (χ3v) is 7.95. The van der Waals surface area contributed by atoms with Crippen molar-refractivity contribution >= 4 is 67.8 Å². The van der Waals surface area contributed by atoms with E-state index in [1.165, 1.54) is 42.5 Å². The van der Waals surface area contributed by atoms with Crippen LogP contribution in [0.4, 0.5) is 11.4 Å². The highest BCUT2D eigenvalue weighted by atomic mass is 35.6. The Morgan fingerprint density at radius 3 is 2.13 bits per heavy atom. The van der Waals surface area contributed by atoms with E-state index >= 15 is 0 Å². The Hall–Kier alpha value is -3.58. The molecule has 3 aromatic carbocycles. The number of hydrogen-bond acceptors (Lipinski definition) is 8. The lowest BCUT2D eigenvalue weighted by Crippen LogP contribution is -2.50. The maximum absolute atomic E-state index is 14.0. The van der Waals surface area contributed by atoms with Gasteiger partial charge in [0.15, 0.2) is 16.5 Å². The summed E-state index contributed by atoms with van der Waals surface area (Å²) in [4.78, 5) is 38.8. The predicted molar refractivity (Wildman–Crippen MR) is 140 cm³/mol. The Bertz CT molecular complexity index is 1580. The van der Waals surface area contributed by atoms with E-state index in [4.69, 9.17) is 34.8 Å². The Morgan fingerprint density at radius 1 is 0.895 bits per heavy atom. The number of carbonyl (C=O) groups excluding carboxylic acids is 1. The average molecular weight is 598 g/mol. The maximum Gasteiger partial charge on any atom is 0.289 e. The maximum atomic E-state index is 14.0. The first-order chi connectivity index (χ1) is 17.8. The molecule has 0 bridgehead atoms. The van der Waals surface area contributed by atoms with E-state index in [1.54, 1.807) is 18.2 Å². The second-order valence-corrected chi connectivity index (χ2v) is 12.0. The van der Waals surface area contributed by atoms with E-state index in [9.17, 15) is 33.4 Å². The predicted octanol–water partition coefficient (Wildman–Crippen LogP) is 5.27. The summed E-state index contributed by atoms with van der Waals surface area (Å²) in [7, 11) is -4.96. The van der Waals surface area contributed by atoms with E-state index in [0.717, 1.165) is 18.2 Å². The molecular weight excluding hydrogens is 583 g/mol. The van der Waals surface area contributed by atoms with Gasteiger partial charge in [-0.15, -0.1) is 0 Å². The number of rotatable bonds is 7. The molecule has 11 nitrogen and oxygen atoms in total. The minimum absolute atomic E-state index is 0.0662. The number of non-ortho nitro benzene ring substituents is 1. The van der Waals surface area contributed by atoms with Gasteiger partial charge in [0.25, 0.3) is 21.4 Å².